The lowest BCUT2D eigenvalue weighted by molar-refractivity contribution is -0.0352. The summed E-state index contributed by atoms with van der Waals surface area (Å²) in [5, 5.41) is 12.8. The largest absolute Gasteiger partial charge is 0.394 e. The van der Waals surface area contributed by atoms with Crippen LogP contribution in [0.4, 0.5) is 0 Å². The van der Waals surface area contributed by atoms with E-state index in [9.17, 15) is 5.11 Å². The van der Waals surface area contributed by atoms with Gasteiger partial charge in [-0.05, 0) is 6.42 Å². The monoisotopic (exact) mass is 202 g/mol. The summed E-state index contributed by atoms with van der Waals surface area (Å²) in [5.74, 6) is 0. The molecule has 0 radical (unpaired) electrons. The Hall–Kier alpha value is -0.160. The first kappa shape index (κ1) is 11.9. The summed E-state index contributed by atoms with van der Waals surface area (Å²) in [7, 11) is 1.70. The molecule has 0 aromatic rings. The van der Waals surface area contributed by atoms with Gasteiger partial charge < -0.3 is 15.2 Å². The van der Waals surface area contributed by atoms with E-state index in [-0.39, 0.29) is 12.1 Å². The molecule has 1 aliphatic rings. The van der Waals surface area contributed by atoms with Gasteiger partial charge in [0.05, 0.1) is 18.8 Å². The molecule has 1 fully saturated rings. The molecule has 0 bridgehead atoms. The van der Waals surface area contributed by atoms with Crippen molar-refractivity contribution in [2.24, 2.45) is 0 Å². The van der Waals surface area contributed by atoms with E-state index in [0.29, 0.717) is 6.61 Å². The molecule has 4 nitrogen and oxygen atoms in total. The molecule has 2 N–H and O–H groups in total. The van der Waals surface area contributed by atoms with E-state index in [0.717, 1.165) is 32.6 Å². The summed E-state index contributed by atoms with van der Waals surface area (Å²) in [6.07, 6.45) is 0.928. The standard InChI is InChI=1S/C10H22N2O2/c1-3-10(8-13,9-14-2)12-6-4-11-5-7-12/h11,13H,3-9H2,1-2H3. The Kier molecular flexibility index (Phi) is 4.81. The zero-order chi connectivity index (χ0) is 10.4. The van der Waals surface area contributed by atoms with Crippen LogP contribution >= 0.6 is 0 Å². The van der Waals surface area contributed by atoms with Crippen LogP contribution in [0.2, 0.25) is 0 Å². The number of hydrogen-bond donors (Lipinski definition) is 2. The fourth-order valence-electron chi connectivity index (χ4n) is 2.08. The molecule has 84 valence electrons. The number of methoxy groups -OCH3 is 1. The van der Waals surface area contributed by atoms with Crippen molar-refractivity contribution in [2.45, 2.75) is 18.9 Å². The van der Waals surface area contributed by atoms with Gasteiger partial charge in [0.25, 0.3) is 0 Å². The second kappa shape index (κ2) is 5.66. The van der Waals surface area contributed by atoms with E-state index < -0.39 is 0 Å². The predicted molar refractivity (Wildman–Crippen MR) is 56.4 cm³/mol. The average molecular weight is 202 g/mol. The molecule has 0 saturated carbocycles. The maximum atomic E-state index is 9.52. The summed E-state index contributed by atoms with van der Waals surface area (Å²) >= 11 is 0. The number of nitrogens with one attached hydrogen (secondary N) is 1. The molecular weight excluding hydrogens is 180 g/mol. The maximum Gasteiger partial charge on any atom is 0.0673 e. The first-order valence-electron chi connectivity index (χ1n) is 5.34. The van der Waals surface area contributed by atoms with E-state index >= 15 is 0 Å². The third-order valence-corrected chi connectivity index (χ3v) is 3.15. The van der Waals surface area contributed by atoms with Crippen molar-refractivity contribution >= 4 is 0 Å². The number of aliphatic hydroxyl groups is 1. The van der Waals surface area contributed by atoms with Gasteiger partial charge in [0.1, 0.15) is 0 Å². The zero-order valence-corrected chi connectivity index (χ0v) is 9.25. The van der Waals surface area contributed by atoms with Crippen LogP contribution in [0.15, 0.2) is 0 Å². The van der Waals surface area contributed by atoms with Gasteiger partial charge in [-0.15, -0.1) is 0 Å². The summed E-state index contributed by atoms with van der Waals surface area (Å²) in [5.41, 5.74) is -0.170. The van der Waals surface area contributed by atoms with Gasteiger partial charge in [-0.25, -0.2) is 0 Å². The van der Waals surface area contributed by atoms with Crippen LogP contribution in [-0.4, -0.2) is 62.0 Å². The van der Waals surface area contributed by atoms with E-state index in [4.69, 9.17) is 4.74 Å². The van der Waals surface area contributed by atoms with E-state index in [1.165, 1.54) is 0 Å². The Labute approximate surface area is 86.2 Å². The lowest BCUT2D eigenvalue weighted by atomic mass is 9.95. The molecule has 1 rings (SSSR count). The smallest absolute Gasteiger partial charge is 0.0673 e. The molecule has 0 spiro atoms. The number of aliphatic hydroxyl groups excluding tert-OH is 1. The Bertz CT molecular complexity index is 154. The predicted octanol–water partition coefficient (Wildman–Crippen LogP) is -0.321. The number of rotatable bonds is 5. The summed E-state index contributed by atoms with van der Waals surface area (Å²) < 4.78 is 5.22. The lowest BCUT2D eigenvalue weighted by Crippen LogP contribution is -2.60. The Balaban J connectivity index is 2.62. The molecule has 0 amide bonds. The van der Waals surface area contributed by atoms with Gasteiger partial charge >= 0.3 is 0 Å². The second-order valence-electron chi connectivity index (χ2n) is 3.91. The van der Waals surface area contributed by atoms with Crippen LogP contribution in [0.25, 0.3) is 0 Å². The van der Waals surface area contributed by atoms with Gasteiger partial charge in [-0.1, -0.05) is 6.92 Å². The fraction of sp³-hybridized carbons (Fsp3) is 1.00. The highest BCUT2D eigenvalue weighted by Gasteiger charge is 2.35. The third-order valence-electron chi connectivity index (χ3n) is 3.15. The highest BCUT2D eigenvalue weighted by molar-refractivity contribution is 4.91. The van der Waals surface area contributed by atoms with Gasteiger partial charge in [-0.2, -0.15) is 0 Å². The maximum absolute atomic E-state index is 9.52. The minimum Gasteiger partial charge on any atom is -0.394 e. The fourth-order valence-corrected chi connectivity index (χ4v) is 2.08. The minimum atomic E-state index is -0.170. The highest BCUT2D eigenvalue weighted by atomic mass is 16.5. The molecule has 1 saturated heterocycles. The van der Waals surface area contributed by atoms with Gasteiger partial charge in [0, 0.05) is 33.3 Å². The number of ether oxygens (including phenoxy) is 1. The van der Waals surface area contributed by atoms with Gasteiger partial charge in [0.2, 0.25) is 0 Å². The van der Waals surface area contributed by atoms with E-state index in [2.05, 4.69) is 17.1 Å². The molecular formula is C10H22N2O2. The molecule has 1 atom stereocenters. The SMILES string of the molecule is CCC(CO)(COC)N1CCNCC1. The van der Waals surface area contributed by atoms with Crippen LogP contribution in [0.1, 0.15) is 13.3 Å². The molecule has 4 heteroatoms. The third kappa shape index (κ3) is 2.45. The second-order valence-corrected chi connectivity index (χ2v) is 3.91. The molecule has 0 aromatic heterocycles. The minimum absolute atomic E-state index is 0.170. The van der Waals surface area contributed by atoms with Gasteiger partial charge in [-0.3, -0.25) is 4.90 Å². The topological polar surface area (TPSA) is 44.7 Å². The van der Waals surface area contributed by atoms with E-state index in [1.54, 1.807) is 7.11 Å². The van der Waals surface area contributed by atoms with Crippen molar-refractivity contribution in [3.63, 3.8) is 0 Å². The summed E-state index contributed by atoms with van der Waals surface area (Å²) in [4.78, 5) is 2.34. The van der Waals surface area contributed by atoms with Crippen molar-refractivity contribution in [3.8, 4) is 0 Å². The molecule has 0 aliphatic carbocycles. The number of nitrogens with zero attached hydrogens (tertiary/aromatic N) is 1. The van der Waals surface area contributed by atoms with Crippen LogP contribution in [0.5, 0.6) is 0 Å². The quantitative estimate of drug-likeness (QED) is 0.641. The average Bonchev–Trinajstić information content (AvgIpc) is 2.27. The van der Waals surface area contributed by atoms with Crippen LogP contribution in [-0.2, 0) is 4.74 Å². The molecule has 1 heterocycles. The molecule has 1 unspecified atom stereocenters. The van der Waals surface area contributed by atoms with Crippen molar-refractivity contribution in [1.29, 1.82) is 0 Å². The van der Waals surface area contributed by atoms with Crippen LogP contribution < -0.4 is 5.32 Å². The molecule has 1 aliphatic heterocycles. The first-order chi connectivity index (χ1) is 6.79. The number of hydrogen-bond acceptors (Lipinski definition) is 4. The Morgan fingerprint density at radius 1 is 1.43 bits per heavy atom. The summed E-state index contributed by atoms with van der Waals surface area (Å²) in [6.45, 7) is 6.90. The summed E-state index contributed by atoms with van der Waals surface area (Å²) in [6, 6.07) is 0. The normalized spacial score (nSPS) is 23.4. The Morgan fingerprint density at radius 2 is 2.07 bits per heavy atom. The van der Waals surface area contributed by atoms with Crippen molar-refractivity contribution in [3.05, 3.63) is 0 Å². The highest BCUT2D eigenvalue weighted by Crippen LogP contribution is 2.20. The van der Waals surface area contributed by atoms with Crippen molar-refractivity contribution in [1.82, 2.24) is 10.2 Å². The number of piperazine rings is 1. The van der Waals surface area contributed by atoms with Crippen molar-refractivity contribution in [2.75, 3.05) is 46.5 Å². The van der Waals surface area contributed by atoms with Crippen molar-refractivity contribution < 1.29 is 9.84 Å². The van der Waals surface area contributed by atoms with Gasteiger partial charge in [0.15, 0.2) is 0 Å². The zero-order valence-electron chi connectivity index (χ0n) is 9.25. The lowest BCUT2D eigenvalue weighted by Gasteiger charge is -2.44. The van der Waals surface area contributed by atoms with Crippen LogP contribution in [0.3, 0.4) is 0 Å². The molecule has 0 aromatic carbocycles. The van der Waals surface area contributed by atoms with Crippen LogP contribution in [0, 0.1) is 0 Å². The van der Waals surface area contributed by atoms with E-state index in [1.807, 2.05) is 0 Å². The first-order valence-corrected chi connectivity index (χ1v) is 5.34. The molecule has 14 heavy (non-hydrogen) atoms. The Morgan fingerprint density at radius 3 is 2.50 bits per heavy atom.